The fraction of sp³-hybridized carbons (Fsp3) is 0.100. The van der Waals surface area contributed by atoms with Gasteiger partial charge >= 0.3 is 0 Å². The highest BCUT2D eigenvalue weighted by atomic mass is 127. The summed E-state index contributed by atoms with van der Waals surface area (Å²) in [5.41, 5.74) is 0.688. The van der Waals surface area contributed by atoms with Gasteiger partial charge < -0.3 is 0 Å². The summed E-state index contributed by atoms with van der Waals surface area (Å²) < 4.78 is 28.2. The molecular formula is C10H7F2IN2. The van der Waals surface area contributed by atoms with Crippen molar-refractivity contribution in [1.82, 2.24) is 9.78 Å². The zero-order chi connectivity index (χ0) is 10.8. The molecule has 0 amide bonds. The van der Waals surface area contributed by atoms with Crippen LogP contribution in [0.5, 0.6) is 0 Å². The van der Waals surface area contributed by atoms with Gasteiger partial charge in [-0.3, -0.25) is 4.68 Å². The van der Waals surface area contributed by atoms with Crippen LogP contribution in [0.4, 0.5) is 8.78 Å². The summed E-state index contributed by atoms with van der Waals surface area (Å²) in [6, 6.07) is 3.86. The molecule has 0 bridgehead atoms. The van der Waals surface area contributed by atoms with Crippen molar-refractivity contribution >= 4 is 22.6 Å². The van der Waals surface area contributed by atoms with Crippen LogP contribution in [0.25, 0.3) is 0 Å². The van der Waals surface area contributed by atoms with Gasteiger partial charge in [0, 0.05) is 6.20 Å². The number of hydrogen-bond acceptors (Lipinski definition) is 1. The summed E-state index contributed by atoms with van der Waals surface area (Å²) in [5.74, 6) is -1.65. The Labute approximate surface area is 99.1 Å². The molecule has 78 valence electrons. The zero-order valence-electron chi connectivity index (χ0n) is 7.62. The maximum Gasteiger partial charge on any atom is 0.159 e. The molecule has 0 saturated heterocycles. The molecule has 1 aromatic carbocycles. The van der Waals surface area contributed by atoms with E-state index in [2.05, 4.69) is 27.7 Å². The molecule has 0 radical (unpaired) electrons. The Bertz CT molecular complexity index is 482. The van der Waals surface area contributed by atoms with Crippen molar-refractivity contribution in [3.63, 3.8) is 0 Å². The molecule has 0 unspecified atom stereocenters. The first kappa shape index (κ1) is 10.5. The highest BCUT2D eigenvalue weighted by Crippen LogP contribution is 2.10. The maximum absolute atomic E-state index is 12.9. The lowest BCUT2D eigenvalue weighted by Crippen LogP contribution is -2.00. The van der Waals surface area contributed by atoms with Crippen molar-refractivity contribution in [2.75, 3.05) is 0 Å². The fourth-order valence-electron chi connectivity index (χ4n) is 1.25. The van der Waals surface area contributed by atoms with Gasteiger partial charge in [-0.1, -0.05) is 6.07 Å². The smallest absolute Gasteiger partial charge is 0.159 e. The van der Waals surface area contributed by atoms with Crippen LogP contribution in [0.3, 0.4) is 0 Å². The van der Waals surface area contributed by atoms with Gasteiger partial charge in [0.25, 0.3) is 0 Å². The van der Waals surface area contributed by atoms with Crippen LogP contribution in [0, 0.1) is 15.2 Å². The van der Waals surface area contributed by atoms with E-state index in [1.54, 1.807) is 16.9 Å². The van der Waals surface area contributed by atoms with E-state index in [0.717, 1.165) is 9.64 Å². The summed E-state index contributed by atoms with van der Waals surface area (Å²) in [6.07, 6.45) is 3.54. The number of hydrogen-bond donors (Lipinski definition) is 0. The first-order valence-electron chi connectivity index (χ1n) is 4.27. The average Bonchev–Trinajstić information content (AvgIpc) is 2.58. The molecule has 2 aromatic rings. The number of benzene rings is 1. The molecule has 0 atom stereocenters. The minimum atomic E-state index is -0.825. The third-order valence-electron chi connectivity index (χ3n) is 1.93. The molecule has 0 aliphatic rings. The Kier molecular flexibility index (Phi) is 2.99. The topological polar surface area (TPSA) is 17.8 Å². The summed E-state index contributed by atoms with van der Waals surface area (Å²) in [4.78, 5) is 0. The average molecular weight is 320 g/mol. The van der Waals surface area contributed by atoms with Gasteiger partial charge in [-0.05, 0) is 40.3 Å². The third kappa shape index (κ3) is 2.53. The lowest BCUT2D eigenvalue weighted by molar-refractivity contribution is 0.506. The van der Waals surface area contributed by atoms with Gasteiger partial charge in [0.15, 0.2) is 11.6 Å². The van der Waals surface area contributed by atoms with E-state index in [1.165, 1.54) is 6.07 Å². The van der Waals surface area contributed by atoms with Crippen LogP contribution in [-0.2, 0) is 6.54 Å². The molecule has 1 heterocycles. The van der Waals surface area contributed by atoms with E-state index in [0.29, 0.717) is 12.1 Å². The van der Waals surface area contributed by atoms with Crippen molar-refractivity contribution in [3.05, 3.63) is 51.4 Å². The van der Waals surface area contributed by atoms with Crippen LogP contribution in [0.2, 0.25) is 0 Å². The summed E-state index contributed by atoms with van der Waals surface area (Å²) in [5, 5.41) is 4.06. The Morgan fingerprint density at radius 3 is 2.67 bits per heavy atom. The first-order chi connectivity index (χ1) is 7.15. The van der Waals surface area contributed by atoms with Crippen molar-refractivity contribution in [2.45, 2.75) is 6.54 Å². The van der Waals surface area contributed by atoms with Gasteiger partial charge in [0.2, 0.25) is 0 Å². The van der Waals surface area contributed by atoms with E-state index in [-0.39, 0.29) is 0 Å². The molecule has 0 aliphatic heterocycles. The fourth-order valence-corrected chi connectivity index (χ4v) is 1.70. The normalized spacial score (nSPS) is 10.6. The molecule has 2 rings (SSSR count). The second kappa shape index (κ2) is 4.26. The molecule has 1 aromatic heterocycles. The molecule has 15 heavy (non-hydrogen) atoms. The number of aromatic nitrogens is 2. The predicted octanol–water partition coefficient (Wildman–Crippen LogP) is 2.81. The van der Waals surface area contributed by atoms with E-state index >= 15 is 0 Å². The van der Waals surface area contributed by atoms with Gasteiger partial charge in [-0.2, -0.15) is 5.10 Å². The van der Waals surface area contributed by atoms with Crippen LogP contribution >= 0.6 is 22.6 Å². The molecule has 0 N–H and O–H groups in total. The second-order valence-corrected chi connectivity index (χ2v) is 4.35. The molecule has 5 heteroatoms. The Morgan fingerprint density at radius 2 is 2.07 bits per heavy atom. The highest BCUT2D eigenvalue weighted by molar-refractivity contribution is 14.1. The Balaban J connectivity index is 2.21. The molecule has 0 saturated carbocycles. The third-order valence-corrected chi connectivity index (χ3v) is 2.49. The molecular weight excluding hydrogens is 313 g/mol. The summed E-state index contributed by atoms with van der Waals surface area (Å²) in [7, 11) is 0. The van der Waals surface area contributed by atoms with Gasteiger partial charge in [-0.25, -0.2) is 8.78 Å². The molecule has 0 fully saturated rings. The van der Waals surface area contributed by atoms with Crippen molar-refractivity contribution < 1.29 is 8.78 Å². The minimum Gasteiger partial charge on any atom is -0.267 e. The van der Waals surface area contributed by atoms with E-state index in [1.807, 2.05) is 6.20 Å². The second-order valence-electron chi connectivity index (χ2n) is 3.10. The Morgan fingerprint density at radius 1 is 1.27 bits per heavy atom. The van der Waals surface area contributed by atoms with Crippen LogP contribution < -0.4 is 0 Å². The van der Waals surface area contributed by atoms with Crippen LogP contribution in [0.1, 0.15) is 5.56 Å². The lowest BCUT2D eigenvalue weighted by Gasteiger charge is -2.02. The highest BCUT2D eigenvalue weighted by Gasteiger charge is 2.03. The van der Waals surface area contributed by atoms with E-state index in [9.17, 15) is 8.78 Å². The largest absolute Gasteiger partial charge is 0.267 e. The monoisotopic (exact) mass is 320 g/mol. The van der Waals surface area contributed by atoms with Crippen molar-refractivity contribution in [1.29, 1.82) is 0 Å². The number of rotatable bonds is 2. The Hall–Kier alpha value is -0.980. The summed E-state index contributed by atoms with van der Waals surface area (Å²) >= 11 is 2.14. The first-order valence-corrected chi connectivity index (χ1v) is 5.35. The standard InChI is InChI=1S/C10H7F2IN2/c11-9-2-1-7(3-10(9)12)5-15-6-8(13)4-14-15/h1-4,6H,5H2. The number of nitrogens with zero attached hydrogens (tertiary/aromatic N) is 2. The van der Waals surface area contributed by atoms with Crippen LogP contribution in [0.15, 0.2) is 30.6 Å². The molecule has 2 nitrogen and oxygen atoms in total. The van der Waals surface area contributed by atoms with E-state index in [4.69, 9.17) is 0 Å². The van der Waals surface area contributed by atoms with Gasteiger partial charge in [0.05, 0.1) is 16.3 Å². The predicted molar refractivity (Wildman–Crippen MR) is 60.4 cm³/mol. The number of halogens is 3. The van der Waals surface area contributed by atoms with E-state index < -0.39 is 11.6 Å². The van der Waals surface area contributed by atoms with Gasteiger partial charge in [-0.15, -0.1) is 0 Å². The molecule has 0 aliphatic carbocycles. The SMILES string of the molecule is Fc1ccc(Cn2cc(I)cn2)cc1F. The minimum absolute atomic E-state index is 0.445. The maximum atomic E-state index is 12.9. The summed E-state index contributed by atoms with van der Waals surface area (Å²) in [6.45, 7) is 0.445. The quantitative estimate of drug-likeness (QED) is 0.778. The van der Waals surface area contributed by atoms with Crippen LogP contribution in [-0.4, -0.2) is 9.78 Å². The zero-order valence-corrected chi connectivity index (χ0v) is 9.78. The molecule has 0 spiro atoms. The van der Waals surface area contributed by atoms with Crippen molar-refractivity contribution in [2.24, 2.45) is 0 Å². The van der Waals surface area contributed by atoms with Gasteiger partial charge in [0.1, 0.15) is 0 Å². The van der Waals surface area contributed by atoms with Crippen molar-refractivity contribution in [3.8, 4) is 0 Å². The lowest BCUT2D eigenvalue weighted by atomic mass is 10.2.